The van der Waals surface area contributed by atoms with Gasteiger partial charge in [0.15, 0.2) is 0 Å². The zero-order valence-corrected chi connectivity index (χ0v) is 11.6. The van der Waals surface area contributed by atoms with Crippen molar-refractivity contribution in [2.45, 2.75) is 39.0 Å². The summed E-state index contributed by atoms with van der Waals surface area (Å²) in [6, 6.07) is 10.4. The highest BCUT2D eigenvalue weighted by Crippen LogP contribution is 2.23. The molecule has 1 aromatic heterocycles. The van der Waals surface area contributed by atoms with Crippen molar-refractivity contribution < 1.29 is 0 Å². The van der Waals surface area contributed by atoms with Crippen molar-refractivity contribution in [3.63, 3.8) is 0 Å². The van der Waals surface area contributed by atoms with Gasteiger partial charge >= 0.3 is 0 Å². The van der Waals surface area contributed by atoms with Crippen molar-refractivity contribution in [2.75, 3.05) is 11.6 Å². The van der Waals surface area contributed by atoms with Gasteiger partial charge in [0, 0.05) is 12.8 Å². The molecule has 0 aliphatic rings. The number of nitrogens with two attached hydrogens (primary N) is 2. The average molecular weight is 258 g/mol. The van der Waals surface area contributed by atoms with Crippen molar-refractivity contribution in [1.82, 2.24) is 9.66 Å². The largest absolute Gasteiger partial charge is 0.382 e. The molecule has 4 N–H and O–H groups in total. The number of imidazole rings is 1. The summed E-state index contributed by atoms with van der Waals surface area (Å²) < 4.78 is 1.52. The number of hydrogen-bond acceptors (Lipinski definition) is 3. The molecule has 1 atom stereocenters. The molecule has 2 rings (SSSR count). The number of benzene rings is 1. The molecule has 2 aromatic rings. The Balaban J connectivity index is 2.17. The minimum absolute atomic E-state index is 0.382. The van der Waals surface area contributed by atoms with E-state index in [1.165, 1.54) is 10.2 Å². The van der Waals surface area contributed by atoms with E-state index in [0.717, 1.165) is 30.8 Å². The summed E-state index contributed by atoms with van der Waals surface area (Å²) in [6.45, 7) is 4.29. The molecule has 0 aliphatic heterocycles. The van der Waals surface area contributed by atoms with Crippen LogP contribution in [0.15, 0.2) is 30.3 Å². The minimum Gasteiger partial charge on any atom is -0.382 e. The molecule has 1 heterocycles. The molecule has 0 radical (unpaired) electrons. The molecule has 0 fully saturated rings. The van der Waals surface area contributed by atoms with E-state index in [2.05, 4.69) is 43.1 Å². The lowest BCUT2D eigenvalue weighted by molar-refractivity contribution is 0.740. The number of hydrogen-bond donors (Lipinski definition) is 2. The van der Waals surface area contributed by atoms with Crippen molar-refractivity contribution in [3.05, 3.63) is 47.4 Å². The van der Waals surface area contributed by atoms with Crippen LogP contribution in [0.5, 0.6) is 0 Å². The third-order valence-corrected chi connectivity index (χ3v) is 3.44. The molecule has 0 bridgehead atoms. The van der Waals surface area contributed by atoms with Gasteiger partial charge in [0.25, 0.3) is 0 Å². The molecule has 0 aliphatic carbocycles. The van der Waals surface area contributed by atoms with Crippen LogP contribution in [-0.4, -0.2) is 9.66 Å². The summed E-state index contributed by atoms with van der Waals surface area (Å²) in [5, 5.41) is 0. The highest BCUT2D eigenvalue weighted by atomic mass is 15.4. The average Bonchev–Trinajstić information content (AvgIpc) is 2.69. The lowest BCUT2D eigenvalue weighted by Gasteiger charge is -2.10. The monoisotopic (exact) mass is 258 g/mol. The van der Waals surface area contributed by atoms with E-state index >= 15 is 0 Å². The van der Waals surface area contributed by atoms with Gasteiger partial charge in [-0.1, -0.05) is 44.2 Å². The number of nitrogens with zero attached hydrogens (tertiary/aromatic N) is 2. The maximum Gasteiger partial charge on any atom is 0.146 e. The highest BCUT2D eigenvalue weighted by molar-refractivity contribution is 5.39. The van der Waals surface area contributed by atoms with E-state index in [1.54, 1.807) is 0 Å². The van der Waals surface area contributed by atoms with E-state index < -0.39 is 0 Å². The predicted molar refractivity (Wildman–Crippen MR) is 79.3 cm³/mol. The van der Waals surface area contributed by atoms with Crippen LogP contribution >= 0.6 is 0 Å². The number of nitrogen functional groups attached to an aromatic ring is 2. The van der Waals surface area contributed by atoms with E-state index in [4.69, 9.17) is 11.6 Å². The maximum absolute atomic E-state index is 6.04. The molecule has 1 aromatic carbocycles. The Morgan fingerprint density at radius 1 is 1.26 bits per heavy atom. The Morgan fingerprint density at radius 3 is 2.58 bits per heavy atom. The van der Waals surface area contributed by atoms with Crippen LogP contribution in [0, 0.1) is 0 Å². The van der Waals surface area contributed by atoms with E-state index in [-0.39, 0.29) is 0 Å². The number of anilines is 1. The highest BCUT2D eigenvalue weighted by Gasteiger charge is 2.15. The van der Waals surface area contributed by atoms with Crippen LogP contribution in [0.3, 0.4) is 0 Å². The Bertz CT molecular complexity index is 531. The topological polar surface area (TPSA) is 69.9 Å². The van der Waals surface area contributed by atoms with Gasteiger partial charge in [0.1, 0.15) is 11.6 Å². The van der Waals surface area contributed by atoms with Gasteiger partial charge in [-0.3, -0.25) is 0 Å². The fraction of sp³-hybridized carbons (Fsp3) is 0.400. The number of aryl methyl sites for hydroxylation is 1. The Hall–Kier alpha value is -1.97. The molecule has 0 spiro atoms. The summed E-state index contributed by atoms with van der Waals surface area (Å²) in [5.41, 5.74) is 8.24. The Labute approximate surface area is 114 Å². The quantitative estimate of drug-likeness (QED) is 0.809. The normalized spacial score (nSPS) is 12.5. The fourth-order valence-electron chi connectivity index (χ4n) is 2.28. The molecule has 19 heavy (non-hydrogen) atoms. The summed E-state index contributed by atoms with van der Waals surface area (Å²) in [6.07, 6.45) is 2.69. The lowest BCUT2D eigenvalue weighted by Crippen LogP contribution is -2.15. The van der Waals surface area contributed by atoms with Crippen LogP contribution in [0.2, 0.25) is 0 Å². The molecule has 4 nitrogen and oxygen atoms in total. The first-order valence-electron chi connectivity index (χ1n) is 6.79. The zero-order valence-electron chi connectivity index (χ0n) is 11.6. The van der Waals surface area contributed by atoms with E-state index in [9.17, 15) is 0 Å². The van der Waals surface area contributed by atoms with Crippen LogP contribution in [0.25, 0.3) is 0 Å². The summed E-state index contributed by atoms with van der Waals surface area (Å²) in [7, 11) is 0. The zero-order chi connectivity index (χ0) is 13.8. The molecule has 1 unspecified atom stereocenters. The van der Waals surface area contributed by atoms with Gasteiger partial charge in [0.05, 0.1) is 5.69 Å². The van der Waals surface area contributed by atoms with Gasteiger partial charge in [-0.15, -0.1) is 0 Å². The molecule has 0 amide bonds. The smallest absolute Gasteiger partial charge is 0.146 e. The first-order valence-corrected chi connectivity index (χ1v) is 6.79. The van der Waals surface area contributed by atoms with Gasteiger partial charge in [-0.2, -0.15) is 0 Å². The van der Waals surface area contributed by atoms with Gasteiger partial charge in [-0.25, -0.2) is 9.66 Å². The van der Waals surface area contributed by atoms with Crippen LogP contribution in [0.4, 0.5) is 5.82 Å². The van der Waals surface area contributed by atoms with Crippen molar-refractivity contribution in [1.29, 1.82) is 0 Å². The minimum atomic E-state index is 0.382. The molecule has 0 saturated heterocycles. The summed E-state index contributed by atoms with van der Waals surface area (Å²) in [4.78, 5) is 4.58. The second-order valence-electron chi connectivity index (χ2n) is 5.00. The Morgan fingerprint density at radius 2 is 1.95 bits per heavy atom. The van der Waals surface area contributed by atoms with Crippen molar-refractivity contribution >= 4 is 5.82 Å². The standard InChI is InChI=1S/C15H22N4/c1-3-7-14-18-13(15(16)19(14)17)10-11(2)12-8-5-4-6-9-12/h4-6,8-9,11H,3,7,10,16-17H2,1-2H3. The van der Waals surface area contributed by atoms with Crippen LogP contribution in [0.1, 0.15) is 43.3 Å². The molecule has 0 saturated carbocycles. The van der Waals surface area contributed by atoms with Crippen molar-refractivity contribution in [2.24, 2.45) is 0 Å². The van der Waals surface area contributed by atoms with Crippen LogP contribution < -0.4 is 11.6 Å². The van der Waals surface area contributed by atoms with Gasteiger partial charge in [0.2, 0.25) is 0 Å². The Kier molecular flexibility index (Phi) is 4.10. The maximum atomic E-state index is 6.04. The van der Waals surface area contributed by atoms with Gasteiger partial charge in [-0.05, 0) is 17.9 Å². The predicted octanol–water partition coefficient (Wildman–Crippen LogP) is 2.48. The summed E-state index contributed by atoms with van der Waals surface area (Å²) in [5.74, 6) is 7.78. The first kappa shape index (κ1) is 13.5. The first-order chi connectivity index (χ1) is 9.13. The molecule has 102 valence electrons. The fourth-order valence-corrected chi connectivity index (χ4v) is 2.28. The summed E-state index contributed by atoms with van der Waals surface area (Å²) >= 11 is 0. The van der Waals surface area contributed by atoms with Crippen LogP contribution in [-0.2, 0) is 12.8 Å². The number of rotatable bonds is 5. The van der Waals surface area contributed by atoms with E-state index in [0.29, 0.717) is 11.7 Å². The number of aromatic nitrogens is 2. The van der Waals surface area contributed by atoms with E-state index in [1.807, 2.05) is 6.07 Å². The molecular weight excluding hydrogens is 236 g/mol. The molecule has 4 heteroatoms. The lowest BCUT2D eigenvalue weighted by atomic mass is 9.96. The third kappa shape index (κ3) is 2.89. The second kappa shape index (κ2) is 5.78. The SMILES string of the molecule is CCCc1nc(CC(C)c2ccccc2)c(N)n1N. The van der Waals surface area contributed by atoms with Crippen molar-refractivity contribution in [3.8, 4) is 0 Å². The third-order valence-electron chi connectivity index (χ3n) is 3.44. The molecular formula is C15H22N4. The second-order valence-corrected chi connectivity index (χ2v) is 5.00. The van der Waals surface area contributed by atoms with Gasteiger partial charge < -0.3 is 11.6 Å².